The Labute approximate surface area is 193 Å². The molecule has 4 rings (SSSR count). The summed E-state index contributed by atoms with van der Waals surface area (Å²) in [4.78, 5) is 9.22. The molecular formula is C26H25ClN4O. The Morgan fingerprint density at radius 1 is 0.688 bits per heavy atom. The van der Waals surface area contributed by atoms with Crippen molar-refractivity contribution in [3.63, 3.8) is 0 Å². The van der Waals surface area contributed by atoms with Crippen LogP contribution in [0, 0.1) is 27.7 Å². The molecule has 0 saturated heterocycles. The topological polar surface area (TPSA) is 59.1 Å². The third kappa shape index (κ3) is 5.37. The fraction of sp³-hybridized carbons (Fsp3) is 0.154. The van der Waals surface area contributed by atoms with E-state index in [1.54, 1.807) is 6.07 Å². The number of anilines is 4. The number of ether oxygens (including phenoxy) is 1. The van der Waals surface area contributed by atoms with Crippen LogP contribution in [0.2, 0.25) is 5.02 Å². The van der Waals surface area contributed by atoms with Crippen molar-refractivity contribution < 1.29 is 4.74 Å². The van der Waals surface area contributed by atoms with Gasteiger partial charge in [-0.3, -0.25) is 0 Å². The van der Waals surface area contributed by atoms with Crippen LogP contribution in [0.25, 0.3) is 0 Å². The fourth-order valence-electron chi connectivity index (χ4n) is 3.48. The Morgan fingerprint density at radius 3 is 1.94 bits per heavy atom. The first-order valence-electron chi connectivity index (χ1n) is 10.4. The maximum absolute atomic E-state index is 6.24. The number of benzene rings is 3. The van der Waals surface area contributed by atoms with Gasteiger partial charge in [0.15, 0.2) is 0 Å². The molecule has 0 radical (unpaired) electrons. The van der Waals surface area contributed by atoms with Crippen LogP contribution in [0.15, 0.2) is 66.7 Å². The number of hydrogen-bond acceptors (Lipinski definition) is 5. The van der Waals surface area contributed by atoms with Gasteiger partial charge >= 0.3 is 0 Å². The second kappa shape index (κ2) is 9.28. The summed E-state index contributed by atoms with van der Waals surface area (Å²) in [6.45, 7) is 8.20. The Kier molecular flexibility index (Phi) is 6.28. The number of nitrogens with one attached hydrogen (secondary N) is 2. The van der Waals surface area contributed by atoms with Crippen LogP contribution in [-0.2, 0) is 0 Å². The molecule has 0 aliphatic rings. The van der Waals surface area contributed by atoms with Gasteiger partial charge < -0.3 is 15.4 Å². The highest BCUT2D eigenvalue weighted by Crippen LogP contribution is 2.31. The van der Waals surface area contributed by atoms with E-state index in [0.29, 0.717) is 22.7 Å². The fourth-order valence-corrected chi connectivity index (χ4v) is 3.60. The minimum Gasteiger partial charge on any atom is -0.438 e. The van der Waals surface area contributed by atoms with E-state index in [4.69, 9.17) is 16.3 Å². The molecule has 32 heavy (non-hydrogen) atoms. The first kappa shape index (κ1) is 21.7. The average Bonchev–Trinajstić information content (AvgIpc) is 2.74. The van der Waals surface area contributed by atoms with Gasteiger partial charge in [0.1, 0.15) is 11.6 Å². The first-order valence-corrected chi connectivity index (χ1v) is 10.7. The van der Waals surface area contributed by atoms with E-state index < -0.39 is 0 Å². The molecule has 0 unspecified atom stereocenters. The van der Waals surface area contributed by atoms with Crippen molar-refractivity contribution in [1.29, 1.82) is 0 Å². The van der Waals surface area contributed by atoms with Gasteiger partial charge in [-0.15, -0.1) is 0 Å². The second-order valence-electron chi connectivity index (χ2n) is 7.87. The summed E-state index contributed by atoms with van der Waals surface area (Å²) in [5.41, 5.74) is 6.25. The monoisotopic (exact) mass is 444 g/mol. The number of hydrogen-bond donors (Lipinski definition) is 2. The lowest BCUT2D eigenvalue weighted by atomic mass is 10.1. The van der Waals surface area contributed by atoms with E-state index in [0.717, 1.165) is 28.3 Å². The van der Waals surface area contributed by atoms with Crippen molar-refractivity contribution in [2.75, 3.05) is 10.6 Å². The lowest BCUT2D eigenvalue weighted by Gasteiger charge is -2.15. The SMILES string of the molecule is Cc1ccc(Nc2nc(Nc3ccc(Cl)cc3)cc(Oc3c(C)cc(C)cc3C)n2)cc1. The zero-order chi connectivity index (χ0) is 22.7. The van der Waals surface area contributed by atoms with Gasteiger partial charge in [-0.1, -0.05) is 47.0 Å². The molecule has 162 valence electrons. The highest BCUT2D eigenvalue weighted by Gasteiger charge is 2.12. The maximum atomic E-state index is 6.24. The number of nitrogens with zero attached hydrogens (tertiary/aromatic N) is 2. The summed E-state index contributed by atoms with van der Waals surface area (Å²) in [6.07, 6.45) is 0. The van der Waals surface area contributed by atoms with Crippen LogP contribution in [0.4, 0.5) is 23.1 Å². The summed E-state index contributed by atoms with van der Waals surface area (Å²) in [6, 6.07) is 21.5. The molecule has 4 aromatic rings. The molecule has 0 aliphatic carbocycles. The van der Waals surface area contributed by atoms with Gasteiger partial charge in [-0.05, 0) is 75.2 Å². The zero-order valence-corrected chi connectivity index (χ0v) is 19.3. The van der Waals surface area contributed by atoms with Crippen molar-refractivity contribution in [3.8, 4) is 11.6 Å². The molecule has 5 nitrogen and oxygen atoms in total. The van der Waals surface area contributed by atoms with Crippen molar-refractivity contribution in [2.24, 2.45) is 0 Å². The average molecular weight is 445 g/mol. The second-order valence-corrected chi connectivity index (χ2v) is 8.30. The highest BCUT2D eigenvalue weighted by atomic mass is 35.5. The number of aromatic nitrogens is 2. The third-order valence-corrected chi connectivity index (χ3v) is 5.19. The van der Waals surface area contributed by atoms with Crippen LogP contribution >= 0.6 is 11.6 Å². The molecule has 0 saturated carbocycles. The molecule has 0 fully saturated rings. The van der Waals surface area contributed by atoms with E-state index in [1.165, 1.54) is 11.1 Å². The largest absolute Gasteiger partial charge is 0.438 e. The maximum Gasteiger partial charge on any atom is 0.232 e. The smallest absolute Gasteiger partial charge is 0.232 e. The minimum atomic E-state index is 0.435. The molecule has 3 aromatic carbocycles. The molecule has 6 heteroatoms. The summed E-state index contributed by atoms with van der Waals surface area (Å²) in [5, 5.41) is 7.24. The van der Waals surface area contributed by atoms with Crippen LogP contribution in [0.3, 0.4) is 0 Å². The van der Waals surface area contributed by atoms with E-state index in [1.807, 2.05) is 62.4 Å². The molecular weight excluding hydrogens is 420 g/mol. The Bertz CT molecular complexity index is 1150. The van der Waals surface area contributed by atoms with Gasteiger partial charge in [0.2, 0.25) is 11.8 Å². The van der Waals surface area contributed by atoms with E-state index >= 15 is 0 Å². The molecule has 0 atom stereocenters. The van der Waals surface area contributed by atoms with Crippen molar-refractivity contribution in [3.05, 3.63) is 94.0 Å². The normalized spacial score (nSPS) is 10.7. The van der Waals surface area contributed by atoms with E-state index in [9.17, 15) is 0 Å². The first-order chi connectivity index (χ1) is 15.4. The van der Waals surface area contributed by atoms with Crippen LogP contribution < -0.4 is 15.4 Å². The molecule has 0 aliphatic heterocycles. The van der Waals surface area contributed by atoms with E-state index in [2.05, 4.69) is 46.6 Å². The molecule has 1 heterocycles. The van der Waals surface area contributed by atoms with Crippen LogP contribution in [-0.4, -0.2) is 9.97 Å². The van der Waals surface area contributed by atoms with Crippen LogP contribution in [0.1, 0.15) is 22.3 Å². The molecule has 2 N–H and O–H groups in total. The van der Waals surface area contributed by atoms with Gasteiger partial charge in [0.25, 0.3) is 0 Å². The van der Waals surface area contributed by atoms with Gasteiger partial charge in [0.05, 0.1) is 0 Å². The van der Waals surface area contributed by atoms with E-state index in [-0.39, 0.29) is 0 Å². The summed E-state index contributed by atoms with van der Waals surface area (Å²) in [5.74, 6) is 2.29. The zero-order valence-electron chi connectivity index (χ0n) is 18.5. The number of halogens is 1. The lowest BCUT2D eigenvalue weighted by molar-refractivity contribution is 0.456. The van der Waals surface area contributed by atoms with Crippen molar-refractivity contribution in [2.45, 2.75) is 27.7 Å². The highest BCUT2D eigenvalue weighted by molar-refractivity contribution is 6.30. The van der Waals surface area contributed by atoms with Crippen molar-refractivity contribution >= 4 is 34.7 Å². The lowest BCUT2D eigenvalue weighted by Crippen LogP contribution is -2.03. The van der Waals surface area contributed by atoms with Gasteiger partial charge in [-0.25, -0.2) is 0 Å². The number of aryl methyl sites for hydroxylation is 4. The standard InChI is InChI=1S/C26H25ClN4O/c1-16-5-9-22(10-6-16)29-26-30-23(28-21-11-7-20(27)8-12-21)15-24(31-26)32-25-18(3)13-17(2)14-19(25)4/h5-15H,1-4H3,(H2,28,29,30,31). The molecule has 0 amide bonds. The minimum absolute atomic E-state index is 0.435. The Balaban J connectivity index is 1.69. The van der Waals surface area contributed by atoms with Crippen LogP contribution in [0.5, 0.6) is 11.6 Å². The Morgan fingerprint density at radius 2 is 1.28 bits per heavy atom. The van der Waals surface area contributed by atoms with Gasteiger partial charge in [0, 0.05) is 22.5 Å². The quantitative estimate of drug-likeness (QED) is 0.320. The summed E-state index contributed by atoms with van der Waals surface area (Å²) < 4.78 is 6.24. The Hall–Kier alpha value is -3.57. The van der Waals surface area contributed by atoms with Gasteiger partial charge in [-0.2, -0.15) is 9.97 Å². The number of rotatable bonds is 6. The molecule has 0 spiro atoms. The third-order valence-electron chi connectivity index (χ3n) is 4.94. The summed E-state index contributed by atoms with van der Waals surface area (Å²) >= 11 is 6.01. The predicted molar refractivity (Wildman–Crippen MR) is 132 cm³/mol. The molecule has 0 bridgehead atoms. The van der Waals surface area contributed by atoms with Crippen molar-refractivity contribution in [1.82, 2.24) is 9.97 Å². The summed E-state index contributed by atoms with van der Waals surface area (Å²) in [7, 11) is 0. The molecule has 1 aromatic heterocycles. The predicted octanol–water partition coefficient (Wildman–Crippen LogP) is 7.64.